The van der Waals surface area contributed by atoms with Crippen molar-refractivity contribution in [2.45, 2.75) is 70.1 Å². The molecule has 2 aliphatic heterocycles. The molecule has 4 rings (SSSR count). The molecule has 1 saturated carbocycles. The normalized spacial score (nSPS) is 30.4. The minimum atomic E-state index is 0.0300. The summed E-state index contributed by atoms with van der Waals surface area (Å²) in [7, 11) is 0. The van der Waals surface area contributed by atoms with Crippen LogP contribution in [-0.4, -0.2) is 42.0 Å². The Balaban J connectivity index is 1.26. The predicted octanol–water partition coefficient (Wildman–Crippen LogP) is 2.47. The van der Waals surface area contributed by atoms with E-state index in [-0.39, 0.29) is 11.9 Å². The zero-order chi connectivity index (χ0) is 17.2. The van der Waals surface area contributed by atoms with Gasteiger partial charge in [-0.2, -0.15) is 0 Å². The van der Waals surface area contributed by atoms with Crippen LogP contribution in [0.4, 0.5) is 0 Å². The Labute approximate surface area is 151 Å². The van der Waals surface area contributed by atoms with Gasteiger partial charge in [0, 0.05) is 31.7 Å². The zero-order valence-corrected chi connectivity index (χ0v) is 15.3. The molecule has 136 valence electrons. The van der Waals surface area contributed by atoms with Crippen LogP contribution in [-0.2, 0) is 17.8 Å². The quantitative estimate of drug-likeness (QED) is 0.884. The lowest BCUT2D eigenvalue weighted by molar-refractivity contribution is -0.123. The number of amides is 1. The fourth-order valence-electron chi connectivity index (χ4n) is 4.92. The standard InChI is InChI=1S/C21H31N3O/c1-15(24-11-10-16-6-2-3-8-18(16)14-24)13-22-21(25)20-12-17-7-4-5-9-19(17)23-20/h2-3,6,8,15,17,19-20,23H,4-5,7,9-14H2,1H3,(H,22,25). The van der Waals surface area contributed by atoms with E-state index in [2.05, 4.69) is 46.7 Å². The molecule has 1 amide bonds. The Morgan fingerprint density at radius 3 is 2.92 bits per heavy atom. The van der Waals surface area contributed by atoms with Crippen LogP contribution in [0.2, 0.25) is 0 Å². The van der Waals surface area contributed by atoms with Crippen LogP contribution in [0.3, 0.4) is 0 Å². The molecule has 2 heterocycles. The molecule has 4 atom stereocenters. The van der Waals surface area contributed by atoms with Crippen LogP contribution >= 0.6 is 0 Å². The lowest BCUT2D eigenvalue weighted by Gasteiger charge is -2.34. The van der Waals surface area contributed by atoms with E-state index >= 15 is 0 Å². The monoisotopic (exact) mass is 341 g/mol. The molecule has 25 heavy (non-hydrogen) atoms. The van der Waals surface area contributed by atoms with E-state index in [9.17, 15) is 4.79 Å². The van der Waals surface area contributed by atoms with Crippen molar-refractivity contribution in [3.8, 4) is 0 Å². The minimum absolute atomic E-state index is 0.0300. The van der Waals surface area contributed by atoms with E-state index in [0.29, 0.717) is 12.1 Å². The highest BCUT2D eigenvalue weighted by molar-refractivity contribution is 5.82. The fourth-order valence-corrected chi connectivity index (χ4v) is 4.92. The van der Waals surface area contributed by atoms with Crippen LogP contribution in [0.25, 0.3) is 0 Å². The van der Waals surface area contributed by atoms with Gasteiger partial charge < -0.3 is 10.6 Å². The van der Waals surface area contributed by atoms with Crippen molar-refractivity contribution in [3.05, 3.63) is 35.4 Å². The van der Waals surface area contributed by atoms with Gasteiger partial charge in [0.15, 0.2) is 0 Å². The number of hydrogen-bond acceptors (Lipinski definition) is 3. The molecular weight excluding hydrogens is 310 g/mol. The van der Waals surface area contributed by atoms with E-state index in [1.54, 1.807) is 0 Å². The lowest BCUT2D eigenvalue weighted by Crippen LogP contribution is -2.48. The van der Waals surface area contributed by atoms with Crippen molar-refractivity contribution in [2.24, 2.45) is 5.92 Å². The molecule has 3 aliphatic rings. The molecule has 0 aromatic heterocycles. The Bertz CT molecular complexity index is 603. The Morgan fingerprint density at radius 1 is 1.28 bits per heavy atom. The highest BCUT2D eigenvalue weighted by Gasteiger charge is 2.38. The molecule has 1 saturated heterocycles. The maximum absolute atomic E-state index is 12.6. The maximum Gasteiger partial charge on any atom is 0.237 e. The minimum Gasteiger partial charge on any atom is -0.353 e. The first-order valence-electron chi connectivity index (χ1n) is 10.1. The van der Waals surface area contributed by atoms with Crippen LogP contribution in [0, 0.1) is 5.92 Å². The molecule has 0 bridgehead atoms. The molecule has 4 nitrogen and oxygen atoms in total. The molecular formula is C21H31N3O. The van der Waals surface area contributed by atoms with Gasteiger partial charge in [0.2, 0.25) is 5.91 Å². The molecule has 4 heteroatoms. The number of rotatable bonds is 4. The summed E-state index contributed by atoms with van der Waals surface area (Å²) in [5, 5.41) is 6.80. The summed E-state index contributed by atoms with van der Waals surface area (Å²) in [6.45, 7) is 5.06. The van der Waals surface area contributed by atoms with E-state index < -0.39 is 0 Å². The topological polar surface area (TPSA) is 44.4 Å². The highest BCUT2D eigenvalue weighted by Crippen LogP contribution is 2.33. The van der Waals surface area contributed by atoms with Crippen molar-refractivity contribution in [1.29, 1.82) is 0 Å². The van der Waals surface area contributed by atoms with Crippen molar-refractivity contribution in [3.63, 3.8) is 0 Å². The molecule has 0 spiro atoms. The Kier molecular flexibility index (Phi) is 5.09. The third-order valence-corrected chi connectivity index (χ3v) is 6.53. The smallest absolute Gasteiger partial charge is 0.237 e. The molecule has 2 N–H and O–H groups in total. The van der Waals surface area contributed by atoms with E-state index in [1.165, 1.54) is 36.8 Å². The van der Waals surface area contributed by atoms with Crippen LogP contribution in [0.1, 0.15) is 50.2 Å². The summed E-state index contributed by atoms with van der Waals surface area (Å²) < 4.78 is 0. The number of carbonyl (C=O) groups excluding carboxylic acids is 1. The van der Waals surface area contributed by atoms with Crippen molar-refractivity contribution in [1.82, 2.24) is 15.5 Å². The number of benzene rings is 1. The van der Waals surface area contributed by atoms with Crippen molar-refractivity contribution in [2.75, 3.05) is 13.1 Å². The molecule has 0 radical (unpaired) electrons. The van der Waals surface area contributed by atoms with Crippen molar-refractivity contribution < 1.29 is 4.79 Å². The zero-order valence-electron chi connectivity index (χ0n) is 15.3. The number of hydrogen-bond donors (Lipinski definition) is 2. The second-order valence-electron chi connectivity index (χ2n) is 8.19. The summed E-state index contributed by atoms with van der Waals surface area (Å²) in [5.74, 6) is 0.930. The van der Waals surface area contributed by atoms with Gasteiger partial charge >= 0.3 is 0 Å². The number of nitrogens with zero attached hydrogens (tertiary/aromatic N) is 1. The first kappa shape index (κ1) is 17.0. The van der Waals surface area contributed by atoms with Crippen LogP contribution < -0.4 is 10.6 Å². The summed E-state index contributed by atoms with van der Waals surface area (Å²) >= 11 is 0. The largest absolute Gasteiger partial charge is 0.353 e. The van der Waals surface area contributed by atoms with Crippen LogP contribution in [0.15, 0.2) is 24.3 Å². The molecule has 1 aromatic carbocycles. The second kappa shape index (κ2) is 7.46. The number of nitrogens with one attached hydrogen (secondary N) is 2. The maximum atomic E-state index is 12.6. The third kappa shape index (κ3) is 3.75. The van der Waals surface area contributed by atoms with E-state index in [4.69, 9.17) is 0 Å². The van der Waals surface area contributed by atoms with Gasteiger partial charge in [-0.15, -0.1) is 0 Å². The lowest BCUT2D eigenvalue weighted by atomic mass is 9.85. The first-order chi connectivity index (χ1) is 12.2. The van der Waals surface area contributed by atoms with E-state index in [0.717, 1.165) is 38.4 Å². The molecule has 1 aromatic rings. The number of carbonyl (C=O) groups is 1. The molecule has 4 unspecified atom stereocenters. The third-order valence-electron chi connectivity index (χ3n) is 6.53. The van der Waals surface area contributed by atoms with Gasteiger partial charge in [0.1, 0.15) is 0 Å². The van der Waals surface area contributed by atoms with Gasteiger partial charge in [0.25, 0.3) is 0 Å². The second-order valence-corrected chi connectivity index (χ2v) is 8.19. The van der Waals surface area contributed by atoms with Gasteiger partial charge in [-0.25, -0.2) is 0 Å². The molecule has 1 aliphatic carbocycles. The molecule has 2 fully saturated rings. The summed E-state index contributed by atoms with van der Waals surface area (Å²) in [4.78, 5) is 15.1. The van der Waals surface area contributed by atoms with Crippen LogP contribution in [0.5, 0.6) is 0 Å². The van der Waals surface area contributed by atoms with Gasteiger partial charge in [-0.05, 0) is 49.7 Å². The van der Waals surface area contributed by atoms with Gasteiger partial charge in [0.05, 0.1) is 6.04 Å². The predicted molar refractivity (Wildman–Crippen MR) is 100 cm³/mol. The SMILES string of the molecule is CC(CNC(=O)C1CC2CCCCC2N1)N1CCc2ccccc2C1. The average Bonchev–Trinajstić information content (AvgIpc) is 3.09. The highest BCUT2D eigenvalue weighted by atomic mass is 16.2. The van der Waals surface area contributed by atoms with Gasteiger partial charge in [-0.1, -0.05) is 37.1 Å². The fraction of sp³-hybridized carbons (Fsp3) is 0.667. The first-order valence-corrected chi connectivity index (χ1v) is 10.1. The van der Waals surface area contributed by atoms with Crippen molar-refractivity contribution >= 4 is 5.91 Å². The van der Waals surface area contributed by atoms with E-state index in [1.807, 2.05) is 0 Å². The van der Waals surface area contributed by atoms with Gasteiger partial charge in [-0.3, -0.25) is 9.69 Å². The Morgan fingerprint density at radius 2 is 2.08 bits per heavy atom. The number of fused-ring (bicyclic) bond motifs is 2. The Hall–Kier alpha value is -1.39. The summed E-state index contributed by atoms with van der Waals surface area (Å²) in [6.07, 6.45) is 7.34. The summed E-state index contributed by atoms with van der Waals surface area (Å²) in [6, 6.07) is 9.72. The summed E-state index contributed by atoms with van der Waals surface area (Å²) in [5.41, 5.74) is 2.92. The average molecular weight is 341 g/mol.